The number of unbranched alkanes of at least 4 members (excludes halogenated alkanes) is 6. The Labute approximate surface area is 206 Å². The van der Waals surface area contributed by atoms with Crippen molar-refractivity contribution in [1.82, 2.24) is 0 Å². The number of hydrogen-bond acceptors (Lipinski definition) is 3. The fraction of sp³-hybridized carbons (Fsp3) is 0.400. The Morgan fingerprint density at radius 2 is 1.09 bits per heavy atom. The molecule has 0 aliphatic heterocycles. The van der Waals surface area contributed by atoms with Gasteiger partial charge in [-0.3, -0.25) is 0 Å². The third kappa shape index (κ3) is 5.89. The van der Waals surface area contributed by atoms with Crippen LogP contribution in [0.15, 0.2) is 72.8 Å². The fourth-order valence-corrected chi connectivity index (χ4v) is 8.46. The molecule has 0 saturated carbocycles. The maximum atomic E-state index is 13.0. The van der Waals surface area contributed by atoms with Gasteiger partial charge in [-0.15, -0.1) is 0 Å². The molecule has 184 valence electrons. The molecule has 3 rings (SSSR count). The van der Waals surface area contributed by atoms with Crippen molar-refractivity contribution in [2.45, 2.75) is 72.6 Å². The van der Waals surface area contributed by atoms with Crippen LogP contribution in [0, 0.1) is 20.8 Å². The Kier molecular flexibility index (Phi) is 9.31. The first-order valence-electron chi connectivity index (χ1n) is 12.7. The first-order valence-corrected chi connectivity index (χ1v) is 14.7. The zero-order chi connectivity index (χ0) is 24.5. The van der Waals surface area contributed by atoms with Crippen molar-refractivity contribution in [3.05, 3.63) is 89.5 Å². The molecule has 0 spiro atoms. The second-order valence-electron chi connectivity index (χ2n) is 9.30. The van der Waals surface area contributed by atoms with E-state index in [-0.39, 0.29) is 0 Å². The first kappa shape index (κ1) is 26.4. The van der Waals surface area contributed by atoms with Gasteiger partial charge in [-0.2, -0.15) is 0 Å². The van der Waals surface area contributed by atoms with Crippen LogP contribution in [0.5, 0.6) is 5.75 Å². The molecule has 0 atom stereocenters. The van der Waals surface area contributed by atoms with Gasteiger partial charge in [0.15, 0.2) is 0 Å². The molecular weight excluding hydrogens is 439 g/mol. The monoisotopic (exact) mass is 480 g/mol. The van der Waals surface area contributed by atoms with Crippen molar-refractivity contribution in [3.63, 3.8) is 0 Å². The molecule has 0 aliphatic carbocycles. The minimum atomic E-state index is -4.51. The van der Waals surface area contributed by atoms with Crippen LogP contribution in [0.3, 0.4) is 0 Å². The summed E-state index contributed by atoms with van der Waals surface area (Å²) < 4.78 is 13.5. The predicted octanol–water partition coefficient (Wildman–Crippen LogP) is 7.70. The molecule has 0 amide bonds. The zero-order valence-corrected chi connectivity index (χ0v) is 22.2. The maximum absolute atomic E-state index is 13.0. The van der Waals surface area contributed by atoms with E-state index < -0.39 is 7.28 Å². The standard InChI is InChI=1S/C30H41O3P/c1-5-6-7-8-9-10-17-24-32-34(31,29-22-15-12-19-26(29)3,30-23-16-13-20-27(30)4)33-28-21-14-11-18-25(28)2/h11-16,18-23,31H,5-10,17,24H2,1-4H3. The van der Waals surface area contributed by atoms with Gasteiger partial charge in [0.05, 0.1) is 0 Å². The molecule has 0 heterocycles. The van der Waals surface area contributed by atoms with Crippen molar-refractivity contribution >= 4 is 17.9 Å². The van der Waals surface area contributed by atoms with Gasteiger partial charge in [-0.25, -0.2) is 0 Å². The SMILES string of the molecule is CCCCCCCCCOP(O)(Oc1ccccc1C)(c1ccccc1C)c1ccccc1C. The summed E-state index contributed by atoms with van der Waals surface area (Å²) in [5, 5.41) is 1.46. The van der Waals surface area contributed by atoms with Crippen LogP contribution in [0.25, 0.3) is 0 Å². The summed E-state index contributed by atoms with van der Waals surface area (Å²) in [7, 11) is -4.51. The van der Waals surface area contributed by atoms with Gasteiger partial charge in [0.1, 0.15) is 0 Å². The molecule has 0 aromatic heterocycles. The van der Waals surface area contributed by atoms with Crippen LogP contribution < -0.4 is 15.1 Å². The number of para-hydroxylation sites is 1. The van der Waals surface area contributed by atoms with Crippen molar-refractivity contribution in [1.29, 1.82) is 0 Å². The van der Waals surface area contributed by atoms with E-state index in [2.05, 4.69) is 6.92 Å². The second kappa shape index (κ2) is 12.0. The molecule has 0 radical (unpaired) electrons. The van der Waals surface area contributed by atoms with Crippen molar-refractivity contribution in [2.75, 3.05) is 6.61 Å². The van der Waals surface area contributed by atoms with Gasteiger partial charge in [-0.05, 0) is 0 Å². The summed E-state index contributed by atoms with van der Waals surface area (Å²) in [6.45, 7) is 8.72. The van der Waals surface area contributed by atoms with E-state index in [1.165, 1.54) is 32.1 Å². The number of rotatable bonds is 13. The van der Waals surface area contributed by atoms with E-state index in [9.17, 15) is 4.89 Å². The van der Waals surface area contributed by atoms with Gasteiger partial charge in [-0.1, -0.05) is 0 Å². The van der Waals surface area contributed by atoms with Crippen LogP contribution in [0.4, 0.5) is 0 Å². The quantitative estimate of drug-likeness (QED) is 0.201. The summed E-state index contributed by atoms with van der Waals surface area (Å²) in [6, 6.07) is 23.7. The van der Waals surface area contributed by atoms with Crippen LogP contribution in [-0.4, -0.2) is 11.5 Å². The van der Waals surface area contributed by atoms with E-state index in [0.717, 1.165) is 40.1 Å². The Hall–Kier alpha value is -2.19. The summed E-state index contributed by atoms with van der Waals surface area (Å²) >= 11 is 0. The molecule has 0 bridgehead atoms. The molecule has 3 nitrogen and oxygen atoms in total. The van der Waals surface area contributed by atoms with E-state index >= 15 is 0 Å². The van der Waals surface area contributed by atoms with Crippen LogP contribution >= 0.6 is 7.28 Å². The average molecular weight is 481 g/mol. The second-order valence-corrected chi connectivity index (χ2v) is 12.5. The number of hydrogen-bond donors (Lipinski definition) is 1. The molecule has 0 fully saturated rings. The molecule has 0 unspecified atom stereocenters. The zero-order valence-electron chi connectivity index (χ0n) is 21.3. The normalized spacial score (nSPS) is 12.8. The Bertz CT molecular complexity index is 1020. The Balaban J connectivity index is 2.04. The molecule has 0 saturated heterocycles. The summed E-state index contributed by atoms with van der Waals surface area (Å²) in [5.74, 6) is 0.647. The average Bonchev–Trinajstić information content (AvgIpc) is 2.83. The fourth-order valence-electron chi connectivity index (χ4n) is 4.54. The van der Waals surface area contributed by atoms with E-state index in [0.29, 0.717) is 12.4 Å². The van der Waals surface area contributed by atoms with Gasteiger partial charge in [0.2, 0.25) is 0 Å². The molecule has 3 aromatic carbocycles. The third-order valence-electron chi connectivity index (χ3n) is 6.52. The van der Waals surface area contributed by atoms with Crippen LogP contribution in [0.1, 0.15) is 68.6 Å². The van der Waals surface area contributed by atoms with E-state index in [1.807, 2.05) is 93.6 Å². The molecule has 34 heavy (non-hydrogen) atoms. The van der Waals surface area contributed by atoms with E-state index in [1.54, 1.807) is 0 Å². The van der Waals surface area contributed by atoms with Gasteiger partial charge in [0, 0.05) is 0 Å². The molecule has 0 aliphatic rings. The Morgan fingerprint density at radius 3 is 1.62 bits per heavy atom. The Morgan fingerprint density at radius 1 is 0.618 bits per heavy atom. The molecular formula is C30H41O3P. The molecule has 3 aromatic rings. The third-order valence-corrected chi connectivity index (χ3v) is 10.4. The van der Waals surface area contributed by atoms with Gasteiger partial charge >= 0.3 is 206 Å². The topological polar surface area (TPSA) is 38.7 Å². The number of aryl methyl sites for hydroxylation is 3. The molecule has 1 N–H and O–H groups in total. The minimum absolute atomic E-state index is 0.441. The first-order chi connectivity index (χ1) is 16.4. The van der Waals surface area contributed by atoms with Crippen molar-refractivity contribution < 1.29 is 13.9 Å². The van der Waals surface area contributed by atoms with Crippen molar-refractivity contribution in [3.8, 4) is 5.75 Å². The van der Waals surface area contributed by atoms with Crippen LogP contribution in [0.2, 0.25) is 0 Å². The summed E-state index contributed by atoms with van der Waals surface area (Å²) in [5.41, 5.74) is 2.88. The van der Waals surface area contributed by atoms with E-state index in [4.69, 9.17) is 9.05 Å². The predicted molar refractivity (Wildman–Crippen MR) is 147 cm³/mol. The van der Waals surface area contributed by atoms with Gasteiger partial charge < -0.3 is 0 Å². The summed E-state index contributed by atoms with van der Waals surface area (Å²) in [4.78, 5) is 13.0. The molecule has 4 heteroatoms. The van der Waals surface area contributed by atoms with Crippen molar-refractivity contribution in [2.24, 2.45) is 0 Å². The number of benzene rings is 3. The summed E-state index contributed by atoms with van der Waals surface area (Å²) in [6.07, 6.45) is 8.27. The van der Waals surface area contributed by atoms with Gasteiger partial charge in [0.25, 0.3) is 0 Å². The van der Waals surface area contributed by atoms with Crippen LogP contribution in [-0.2, 0) is 4.52 Å².